The van der Waals surface area contributed by atoms with E-state index >= 15 is 0 Å². The van der Waals surface area contributed by atoms with Gasteiger partial charge >= 0.3 is 5.97 Å². The molecule has 0 aliphatic rings. The molecule has 6 N–H and O–H groups in total. The minimum atomic E-state index is -2.20. The molecule has 0 unspecified atom stereocenters. The van der Waals surface area contributed by atoms with Gasteiger partial charge in [-0.2, -0.15) is 0 Å². The van der Waals surface area contributed by atoms with Crippen LogP contribution in [0.1, 0.15) is 32.6 Å². The second-order valence-corrected chi connectivity index (χ2v) is 4.64. The van der Waals surface area contributed by atoms with Gasteiger partial charge in [-0.1, -0.05) is 26.2 Å². The second kappa shape index (κ2) is 13.5. The van der Waals surface area contributed by atoms with Gasteiger partial charge in [-0.05, 0) is 6.42 Å². The van der Waals surface area contributed by atoms with Crippen molar-refractivity contribution in [3.63, 3.8) is 0 Å². The molecule has 8 heteroatoms. The van der Waals surface area contributed by atoms with Gasteiger partial charge in [-0.15, -0.1) is 11.6 Å². The quantitative estimate of drug-likeness (QED) is 0.244. The summed E-state index contributed by atoms with van der Waals surface area (Å²) in [4.78, 5) is 10.1. The lowest BCUT2D eigenvalue weighted by molar-refractivity contribution is -0.164. The van der Waals surface area contributed by atoms with Gasteiger partial charge in [0.15, 0.2) is 6.10 Å². The summed E-state index contributed by atoms with van der Waals surface area (Å²) in [6.45, 7) is 1.36. The van der Waals surface area contributed by atoms with Gasteiger partial charge in [-0.25, -0.2) is 4.79 Å². The fourth-order valence-electron chi connectivity index (χ4n) is 1.19. The van der Waals surface area contributed by atoms with Crippen molar-refractivity contribution in [1.82, 2.24) is 0 Å². The molecule has 0 aliphatic heterocycles. The van der Waals surface area contributed by atoms with Gasteiger partial charge in [0, 0.05) is 5.88 Å². The Labute approximate surface area is 123 Å². The van der Waals surface area contributed by atoms with Crippen LogP contribution in [0, 0.1) is 0 Å². The first-order valence-corrected chi connectivity index (χ1v) is 6.98. The Hall–Kier alpha value is -0.440. The maximum atomic E-state index is 10.1. The van der Waals surface area contributed by atoms with Crippen LogP contribution in [-0.2, 0) is 4.79 Å². The van der Waals surface area contributed by atoms with E-state index in [-0.39, 0.29) is 0 Å². The van der Waals surface area contributed by atoms with Gasteiger partial charge in [0.25, 0.3) is 0 Å². The predicted molar refractivity (Wildman–Crippen MR) is 73.6 cm³/mol. The van der Waals surface area contributed by atoms with Gasteiger partial charge in [0.05, 0.1) is 6.61 Å². The highest BCUT2D eigenvalue weighted by Crippen LogP contribution is 2.04. The van der Waals surface area contributed by atoms with E-state index in [0.29, 0.717) is 0 Å². The number of halogens is 1. The summed E-state index contributed by atoms with van der Waals surface area (Å²) >= 11 is 5.44. The highest BCUT2D eigenvalue weighted by Gasteiger charge is 2.33. The van der Waals surface area contributed by atoms with Crippen LogP contribution in [0.2, 0.25) is 0 Å². The molecule has 0 saturated carbocycles. The van der Waals surface area contributed by atoms with Crippen molar-refractivity contribution < 1.29 is 35.4 Å². The molecule has 0 rings (SSSR count). The molecule has 0 aromatic rings. The molecule has 0 fully saturated rings. The molecule has 0 heterocycles. The molecule has 0 amide bonds. The van der Waals surface area contributed by atoms with Crippen LogP contribution in [-0.4, -0.2) is 73.5 Å². The van der Waals surface area contributed by atoms with Crippen LogP contribution >= 0.6 is 11.6 Å². The summed E-state index contributed by atoms with van der Waals surface area (Å²) in [5.74, 6) is -0.892. The number of aliphatic carboxylic acids is 1. The lowest BCUT2D eigenvalue weighted by Gasteiger charge is -2.23. The van der Waals surface area contributed by atoms with Crippen LogP contribution in [0.15, 0.2) is 0 Å². The van der Waals surface area contributed by atoms with Crippen LogP contribution in [0.4, 0.5) is 0 Å². The van der Waals surface area contributed by atoms with E-state index in [2.05, 4.69) is 6.92 Å². The minimum absolute atomic E-state index is 0.833. The maximum absolute atomic E-state index is 10.1. The SMILES string of the molecule is CCCCCCCl.O=C(O)[C@H](O)[C@@H](O)[C@H](O)[C@H](O)CO. The van der Waals surface area contributed by atoms with E-state index in [0.717, 1.165) is 5.88 Å². The number of carboxylic acid groups (broad SMARTS) is 1. The number of hydrogen-bond acceptors (Lipinski definition) is 6. The average Bonchev–Trinajstić information content (AvgIpc) is 2.45. The number of aliphatic hydroxyl groups excluding tert-OH is 5. The highest BCUT2D eigenvalue weighted by atomic mass is 35.5. The number of alkyl halides is 1. The van der Waals surface area contributed by atoms with Gasteiger partial charge in [0.2, 0.25) is 0 Å². The Balaban J connectivity index is 0. The molecule has 0 aliphatic carbocycles. The average molecular weight is 317 g/mol. The van der Waals surface area contributed by atoms with E-state index in [1.54, 1.807) is 0 Å². The first kappa shape index (κ1) is 21.9. The normalized spacial score (nSPS) is 16.6. The molecular formula is C12H25ClO7. The summed E-state index contributed by atoms with van der Waals surface area (Å²) in [5, 5.41) is 51.8. The van der Waals surface area contributed by atoms with Crippen LogP contribution in [0.5, 0.6) is 0 Å². The first-order valence-electron chi connectivity index (χ1n) is 6.45. The fourth-order valence-corrected chi connectivity index (χ4v) is 1.38. The third-order valence-corrected chi connectivity index (χ3v) is 2.76. The van der Waals surface area contributed by atoms with E-state index in [1.165, 1.54) is 25.7 Å². The number of aliphatic hydroxyl groups is 5. The number of unbranched alkanes of at least 4 members (excludes halogenated alkanes) is 3. The maximum Gasteiger partial charge on any atom is 0.335 e. The number of carboxylic acids is 1. The Morgan fingerprint density at radius 2 is 1.60 bits per heavy atom. The van der Waals surface area contributed by atoms with Crippen molar-refractivity contribution in [2.45, 2.75) is 57.0 Å². The van der Waals surface area contributed by atoms with Crippen LogP contribution in [0.3, 0.4) is 0 Å². The molecule has 0 spiro atoms. The molecule has 0 saturated heterocycles. The summed E-state index contributed by atoms with van der Waals surface area (Å²) in [7, 11) is 0. The zero-order chi connectivity index (χ0) is 16.1. The molecule has 122 valence electrons. The van der Waals surface area contributed by atoms with Gasteiger partial charge in [0.1, 0.15) is 18.3 Å². The summed E-state index contributed by atoms with van der Waals surface area (Å²) in [6.07, 6.45) is -2.70. The smallest absolute Gasteiger partial charge is 0.335 e. The summed E-state index contributed by atoms with van der Waals surface area (Å²) in [6, 6.07) is 0. The number of rotatable bonds is 9. The molecule has 20 heavy (non-hydrogen) atoms. The molecule has 0 aromatic carbocycles. The second-order valence-electron chi connectivity index (χ2n) is 4.26. The highest BCUT2D eigenvalue weighted by molar-refractivity contribution is 6.17. The lowest BCUT2D eigenvalue weighted by Crippen LogP contribution is -2.48. The van der Waals surface area contributed by atoms with E-state index in [9.17, 15) is 4.79 Å². The molecule has 0 bridgehead atoms. The van der Waals surface area contributed by atoms with Gasteiger partial charge in [-0.3, -0.25) is 0 Å². The van der Waals surface area contributed by atoms with E-state index < -0.39 is 37.0 Å². The third kappa shape index (κ3) is 10.4. The van der Waals surface area contributed by atoms with Crippen molar-refractivity contribution in [2.24, 2.45) is 0 Å². The van der Waals surface area contributed by atoms with Crippen LogP contribution in [0.25, 0.3) is 0 Å². The fraction of sp³-hybridized carbons (Fsp3) is 0.917. The first-order chi connectivity index (χ1) is 9.33. The van der Waals surface area contributed by atoms with Crippen molar-refractivity contribution in [2.75, 3.05) is 12.5 Å². The topological polar surface area (TPSA) is 138 Å². The third-order valence-electron chi connectivity index (χ3n) is 2.49. The summed E-state index contributed by atoms with van der Waals surface area (Å²) < 4.78 is 0. The van der Waals surface area contributed by atoms with E-state index in [4.69, 9.17) is 42.2 Å². The Morgan fingerprint density at radius 3 is 1.95 bits per heavy atom. The standard InChI is InChI=1S/C6H13Cl.C6H12O7/c1-2-3-4-5-6-7;7-1-2(8)3(9)4(10)5(11)6(12)13/h2-6H2,1H3;2-5,7-11H,1H2,(H,12,13)/t;2-,3-,4+,5-/m.1/s1. The zero-order valence-electron chi connectivity index (χ0n) is 11.5. The number of carbonyl (C=O) groups is 1. The Bertz CT molecular complexity index is 236. The Morgan fingerprint density at radius 1 is 1.05 bits per heavy atom. The van der Waals surface area contributed by atoms with Crippen molar-refractivity contribution in [1.29, 1.82) is 0 Å². The molecule has 0 radical (unpaired) electrons. The predicted octanol–water partition coefficient (Wildman–Crippen LogP) is -0.688. The van der Waals surface area contributed by atoms with Crippen molar-refractivity contribution >= 4 is 17.6 Å². The van der Waals surface area contributed by atoms with Crippen molar-refractivity contribution in [3.05, 3.63) is 0 Å². The van der Waals surface area contributed by atoms with E-state index in [1.807, 2.05) is 0 Å². The molecular weight excluding hydrogens is 292 g/mol. The largest absolute Gasteiger partial charge is 0.479 e. The molecule has 4 atom stereocenters. The van der Waals surface area contributed by atoms with Crippen molar-refractivity contribution in [3.8, 4) is 0 Å². The van der Waals surface area contributed by atoms with Gasteiger partial charge < -0.3 is 30.6 Å². The molecule has 0 aromatic heterocycles. The minimum Gasteiger partial charge on any atom is -0.479 e. The molecule has 7 nitrogen and oxygen atoms in total. The Kier molecular flexibility index (Phi) is 14.8. The zero-order valence-corrected chi connectivity index (χ0v) is 12.3. The lowest BCUT2D eigenvalue weighted by atomic mass is 10.0. The number of hydrogen-bond donors (Lipinski definition) is 6. The van der Waals surface area contributed by atoms with Crippen LogP contribution < -0.4 is 0 Å². The summed E-state index contributed by atoms with van der Waals surface area (Å²) in [5.41, 5.74) is 0. The monoisotopic (exact) mass is 316 g/mol.